The van der Waals surface area contributed by atoms with Gasteiger partial charge < -0.3 is 15.0 Å². The highest BCUT2D eigenvalue weighted by Crippen LogP contribution is 2.24. The minimum absolute atomic E-state index is 0.0360. The van der Waals surface area contributed by atoms with Gasteiger partial charge in [-0.3, -0.25) is 14.5 Å². The summed E-state index contributed by atoms with van der Waals surface area (Å²) in [6.07, 6.45) is 0.0360. The van der Waals surface area contributed by atoms with E-state index in [0.29, 0.717) is 29.6 Å². The topological polar surface area (TPSA) is 61.9 Å². The van der Waals surface area contributed by atoms with Gasteiger partial charge in [0, 0.05) is 18.8 Å². The fraction of sp³-hybridized carbons (Fsp3) is 0.286. The van der Waals surface area contributed by atoms with Crippen LogP contribution in [0.5, 0.6) is 5.75 Å². The number of amides is 2. The number of hydrogen-bond donors (Lipinski definition) is 1. The van der Waals surface area contributed by atoms with Crippen LogP contribution >= 0.6 is 12.2 Å². The standard InChI is InChI=1S/C21H23N3O3S/c1-3-23-20(26)18(24(21(23)28)14-15-7-5-4-6-8-15)13-19(25)22-16-9-11-17(27-2)12-10-16/h4-12,18H,3,13-14H2,1-2H3,(H,22,25). The number of hydrogen-bond acceptors (Lipinski definition) is 4. The van der Waals surface area contributed by atoms with Crippen molar-refractivity contribution in [3.63, 3.8) is 0 Å². The van der Waals surface area contributed by atoms with Crippen LogP contribution in [0.15, 0.2) is 54.6 Å². The maximum absolute atomic E-state index is 12.8. The number of rotatable bonds is 7. The molecule has 1 unspecified atom stereocenters. The highest BCUT2D eigenvalue weighted by molar-refractivity contribution is 7.80. The maximum Gasteiger partial charge on any atom is 0.252 e. The van der Waals surface area contributed by atoms with E-state index in [9.17, 15) is 9.59 Å². The number of methoxy groups -OCH3 is 1. The molecular formula is C21H23N3O3S. The number of anilines is 1. The number of carbonyl (C=O) groups is 2. The predicted octanol–water partition coefficient (Wildman–Crippen LogP) is 3.04. The van der Waals surface area contributed by atoms with E-state index in [2.05, 4.69) is 5.32 Å². The highest BCUT2D eigenvalue weighted by atomic mass is 32.1. The molecule has 2 aromatic carbocycles. The third-order valence-electron chi connectivity index (χ3n) is 4.67. The molecular weight excluding hydrogens is 374 g/mol. The van der Waals surface area contributed by atoms with Crippen LogP contribution in [-0.4, -0.2) is 46.4 Å². The number of likely N-dealkylation sites (N-methyl/N-ethyl adjacent to an activating group) is 1. The molecule has 1 fully saturated rings. The number of benzene rings is 2. The van der Waals surface area contributed by atoms with Crippen LogP contribution in [0, 0.1) is 0 Å². The molecule has 28 heavy (non-hydrogen) atoms. The van der Waals surface area contributed by atoms with Gasteiger partial charge in [0.05, 0.1) is 13.5 Å². The molecule has 6 nitrogen and oxygen atoms in total. The average Bonchev–Trinajstić information content (AvgIpc) is 2.92. The number of nitrogens with zero attached hydrogens (tertiary/aromatic N) is 2. The van der Waals surface area contributed by atoms with Gasteiger partial charge >= 0.3 is 0 Å². The molecule has 0 aromatic heterocycles. The lowest BCUT2D eigenvalue weighted by Gasteiger charge is -2.23. The van der Waals surface area contributed by atoms with Gasteiger partial charge in [0.15, 0.2) is 5.11 Å². The van der Waals surface area contributed by atoms with Gasteiger partial charge in [0.1, 0.15) is 11.8 Å². The Labute approximate surface area is 170 Å². The predicted molar refractivity (Wildman–Crippen MR) is 112 cm³/mol. The van der Waals surface area contributed by atoms with E-state index < -0.39 is 6.04 Å². The summed E-state index contributed by atoms with van der Waals surface area (Å²) in [4.78, 5) is 28.8. The number of nitrogens with one attached hydrogen (secondary N) is 1. The zero-order valence-electron chi connectivity index (χ0n) is 15.9. The number of carbonyl (C=O) groups excluding carboxylic acids is 2. The molecule has 0 spiro atoms. The van der Waals surface area contributed by atoms with Gasteiger partial charge in [-0.1, -0.05) is 30.3 Å². The van der Waals surface area contributed by atoms with Crippen LogP contribution in [0.1, 0.15) is 18.9 Å². The van der Waals surface area contributed by atoms with Gasteiger partial charge in [0.25, 0.3) is 5.91 Å². The van der Waals surface area contributed by atoms with Crippen molar-refractivity contribution >= 4 is 34.8 Å². The van der Waals surface area contributed by atoms with Crippen LogP contribution in [0.4, 0.5) is 5.69 Å². The fourth-order valence-electron chi connectivity index (χ4n) is 3.20. The second-order valence-electron chi connectivity index (χ2n) is 6.48. The Morgan fingerprint density at radius 1 is 1.14 bits per heavy atom. The molecule has 3 rings (SSSR count). The smallest absolute Gasteiger partial charge is 0.252 e. The van der Waals surface area contributed by atoms with Gasteiger partial charge in [-0.15, -0.1) is 0 Å². The Morgan fingerprint density at radius 2 is 1.82 bits per heavy atom. The largest absolute Gasteiger partial charge is 0.497 e. The van der Waals surface area contributed by atoms with Gasteiger partial charge in [0.2, 0.25) is 5.91 Å². The molecule has 1 saturated heterocycles. The molecule has 0 radical (unpaired) electrons. The van der Waals surface area contributed by atoms with Crippen LogP contribution in [-0.2, 0) is 16.1 Å². The fourth-order valence-corrected chi connectivity index (χ4v) is 3.62. The Bertz CT molecular complexity index is 855. The summed E-state index contributed by atoms with van der Waals surface area (Å²) < 4.78 is 5.12. The molecule has 1 N–H and O–H groups in total. The summed E-state index contributed by atoms with van der Waals surface area (Å²) in [7, 11) is 1.59. The van der Waals surface area contributed by atoms with Gasteiger partial charge in [-0.2, -0.15) is 0 Å². The molecule has 7 heteroatoms. The molecule has 1 atom stereocenters. The van der Waals surface area contributed by atoms with Crippen LogP contribution < -0.4 is 10.1 Å². The summed E-state index contributed by atoms with van der Waals surface area (Å²) in [5.74, 6) is 0.345. The lowest BCUT2D eigenvalue weighted by Crippen LogP contribution is -2.37. The third kappa shape index (κ3) is 4.31. The molecule has 1 heterocycles. The van der Waals surface area contributed by atoms with Gasteiger partial charge in [-0.25, -0.2) is 0 Å². The summed E-state index contributed by atoms with van der Waals surface area (Å²) in [5, 5.41) is 3.31. The summed E-state index contributed by atoms with van der Waals surface area (Å²) in [6, 6.07) is 16.2. The van der Waals surface area contributed by atoms with Gasteiger partial charge in [-0.05, 0) is 49.0 Å². The number of ether oxygens (including phenoxy) is 1. The molecule has 0 saturated carbocycles. The minimum atomic E-state index is -0.606. The van der Waals surface area contributed by atoms with Crippen LogP contribution in [0.3, 0.4) is 0 Å². The average molecular weight is 398 g/mol. The zero-order chi connectivity index (χ0) is 20.1. The Balaban J connectivity index is 1.73. The van der Waals surface area contributed by atoms with E-state index >= 15 is 0 Å². The Morgan fingerprint density at radius 3 is 2.43 bits per heavy atom. The van der Waals surface area contributed by atoms with Crippen molar-refractivity contribution in [1.82, 2.24) is 9.80 Å². The van der Waals surface area contributed by atoms with Crippen molar-refractivity contribution in [3.8, 4) is 5.75 Å². The molecule has 1 aliphatic rings. The van der Waals surface area contributed by atoms with Crippen molar-refractivity contribution in [1.29, 1.82) is 0 Å². The third-order valence-corrected chi connectivity index (χ3v) is 5.12. The maximum atomic E-state index is 12.8. The van der Waals surface area contributed by atoms with E-state index in [4.69, 9.17) is 17.0 Å². The molecule has 2 amide bonds. The zero-order valence-corrected chi connectivity index (χ0v) is 16.7. The Kier molecular flexibility index (Phi) is 6.26. The SMILES string of the molecule is CCN1C(=O)C(CC(=O)Nc2ccc(OC)cc2)N(Cc2ccccc2)C1=S. The van der Waals surface area contributed by atoms with Crippen molar-refractivity contribution in [2.45, 2.75) is 25.9 Å². The van der Waals surface area contributed by atoms with Crippen molar-refractivity contribution in [3.05, 3.63) is 60.2 Å². The quantitative estimate of drug-likeness (QED) is 0.728. The van der Waals surface area contributed by atoms with E-state index in [1.165, 1.54) is 0 Å². The van der Waals surface area contributed by atoms with Crippen molar-refractivity contribution in [2.24, 2.45) is 0 Å². The first-order chi connectivity index (χ1) is 13.5. The molecule has 1 aliphatic heterocycles. The summed E-state index contributed by atoms with van der Waals surface area (Å²) in [6.45, 7) is 2.85. The molecule has 146 valence electrons. The van der Waals surface area contributed by atoms with Crippen LogP contribution in [0.25, 0.3) is 0 Å². The monoisotopic (exact) mass is 397 g/mol. The molecule has 0 bridgehead atoms. The lowest BCUT2D eigenvalue weighted by atomic mass is 10.1. The summed E-state index contributed by atoms with van der Waals surface area (Å²) >= 11 is 5.51. The van der Waals surface area contributed by atoms with E-state index in [-0.39, 0.29) is 18.2 Å². The van der Waals surface area contributed by atoms with E-state index in [1.807, 2.05) is 42.2 Å². The van der Waals surface area contributed by atoms with E-state index in [1.54, 1.807) is 36.3 Å². The summed E-state index contributed by atoms with van der Waals surface area (Å²) in [5.41, 5.74) is 1.69. The van der Waals surface area contributed by atoms with E-state index in [0.717, 1.165) is 5.56 Å². The second kappa shape index (κ2) is 8.84. The lowest BCUT2D eigenvalue weighted by molar-refractivity contribution is -0.130. The minimum Gasteiger partial charge on any atom is -0.497 e. The molecule has 0 aliphatic carbocycles. The highest BCUT2D eigenvalue weighted by Gasteiger charge is 2.42. The molecule has 2 aromatic rings. The first-order valence-electron chi connectivity index (χ1n) is 9.13. The second-order valence-corrected chi connectivity index (χ2v) is 6.84. The number of thiocarbonyl (C=S) groups is 1. The Hall–Kier alpha value is -2.93. The van der Waals surface area contributed by atoms with Crippen molar-refractivity contribution in [2.75, 3.05) is 19.0 Å². The first kappa shape index (κ1) is 19.8. The normalized spacial score (nSPS) is 16.4. The van der Waals surface area contributed by atoms with Crippen LogP contribution in [0.2, 0.25) is 0 Å². The first-order valence-corrected chi connectivity index (χ1v) is 9.54. The van der Waals surface area contributed by atoms with Crippen molar-refractivity contribution < 1.29 is 14.3 Å².